The van der Waals surface area contributed by atoms with Gasteiger partial charge >= 0.3 is 0 Å². The first kappa shape index (κ1) is 21.2. The van der Waals surface area contributed by atoms with Crippen LogP contribution in [0.3, 0.4) is 0 Å². The van der Waals surface area contributed by atoms with Gasteiger partial charge in [-0.15, -0.1) is 0 Å². The summed E-state index contributed by atoms with van der Waals surface area (Å²) in [5.74, 6) is 0.566. The van der Waals surface area contributed by atoms with Gasteiger partial charge in [0.05, 0.1) is 16.8 Å². The second kappa shape index (κ2) is 9.07. The highest BCUT2D eigenvalue weighted by Crippen LogP contribution is 2.28. The summed E-state index contributed by atoms with van der Waals surface area (Å²) < 4.78 is 0. The van der Waals surface area contributed by atoms with Crippen LogP contribution in [0.5, 0.6) is 0 Å². The predicted molar refractivity (Wildman–Crippen MR) is 136 cm³/mol. The van der Waals surface area contributed by atoms with E-state index in [1.165, 1.54) is 11.3 Å². The van der Waals surface area contributed by atoms with Crippen LogP contribution in [0.15, 0.2) is 84.9 Å². The van der Waals surface area contributed by atoms with Gasteiger partial charge in [-0.2, -0.15) is 0 Å². The number of hydrogen-bond donors (Lipinski definition) is 0. The van der Waals surface area contributed by atoms with Crippen molar-refractivity contribution in [3.8, 4) is 11.3 Å². The Kier molecular flexibility index (Phi) is 5.82. The van der Waals surface area contributed by atoms with Gasteiger partial charge < -0.3 is 9.80 Å². The number of piperazine rings is 1. The Bertz CT molecular complexity index is 1260. The van der Waals surface area contributed by atoms with Gasteiger partial charge in [0.2, 0.25) is 0 Å². The summed E-state index contributed by atoms with van der Waals surface area (Å²) in [6.45, 7) is 7.48. The summed E-state index contributed by atoms with van der Waals surface area (Å²) in [7, 11) is 0. The molecular weight excluding hydrogens is 406 g/mol. The number of para-hydroxylation sites is 2. The molecule has 1 fully saturated rings. The van der Waals surface area contributed by atoms with Crippen LogP contribution in [0.4, 0.5) is 5.69 Å². The molecule has 0 aliphatic carbocycles. The molecule has 0 unspecified atom stereocenters. The van der Waals surface area contributed by atoms with Crippen LogP contribution < -0.4 is 4.90 Å². The smallest absolute Gasteiger partial charge is 0.254 e. The molecule has 166 valence electrons. The highest BCUT2D eigenvalue weighted by atomic mass is 16.2. The SMILES string of the molecule is CC(C)c1ccc(-c2cc(C(=O)N3CCN(c4ccccc4)CC3)c3ccccc3n2)cc1. The first-order valence-corrected chi connectivity index (χ1v) is 11.7. The van der Waals surface area contributed by atoms with Crippen molar-refractivity contribution >= 4 is 22.5 Å². The summed E-state index contributed by atoms with van der Waals surface area (Å²) >= 11 is 0. The second-order valence-electron chi connectivity index (χ2n) is 8.96. The summed E-state index contributed by atoms with van der Waals surface area (Å²) in [5.41, 5.74) is 5.98. The number of nitrogens with zero attached hydrogens (tertiary/aromatic N) is 3. The summed E-state index contributed by atoms with van der Waals surface area (Å²) in [6, 6.07) is 28.9. The predicted octanol–water partition coefficient (Wildman–Crippen LogP) is 5.99. The van der Waals surface area contributed by atoms with Gasteiger partial charge in [0, 0.05) is 42.8 Å². The van der Waals surface area contributed by atoms with E-state index in [1.807, 2.05) is 41.3 Å². The molecule has 1 aliphatic heterocycles. The van der Waals surface area contributed by atoms with Gasteiger partial charge in [-0.05, 0) is 35.7 Å². The largest absolute Gasteiger partial charge is 0.368 e. The number of aromatic nitrogens is 1. The van der Waals surface area contributed by atoms with Crippen molar-refractivity contribution in [2.45, 2.75) is 19.8 Å². The highest BCUT2D eigenvalue weighted by molar-refractivity contribution is 6.07. The van der Waals surface area contributed by atoms with E-state index in [2.05, 4.69) is 67.3 Å². The van der Waals surface area contributed by atoms with Crippen molar-refractivity contribution in [3.05, 3.63) is 96.1 Å². The molecule has 4 aromatic rings. The van der Waals surface area contributed by atoms with E-state index in [-0.39, 0.29) is 5.91 Å². The van der Waals surface area contributed by atoms with E-state index >= 15 is 0 Å². The van der Waals surface area contributed by atoms with Crippen molar-refractivity contribution in [2.24, 2.45) is 0 Å². The van der Waals surface area contributed by atoms with Crippen molar-refractivity contribution in [2.75, 3.05) is 31.1 Å². The summed E-state index contributed by atoms with van der Waals surface area (Å²) in [5, 5.41) is 0.913. The molecule has 5 rings (SSSR count). The Labute approximate surface area is 195 Å². The molecule has 2 heterocycles. The van der Waals surface area contributed by atoms with E-state index in [0.29, 0.717) is 19.0 Å². The Balaban J connectivity index is 1.44. The van der Waals surface area contributed by atoms with Gasteiger partial charge in [-0.25, -0.2) is 4.98 Å². The summed E-state index contributed by atoms with van der Waals surface area (Å²) in [6.07, 6.45) is 0. The number of fused-ring (bicyclic) bond motifs is 1. The number of pyridine rings is 1. The molecule has 4 nitrogen and oxygen atoms in total. The van der Waals surface area contributed by atoms with Crippen LogP contribution in [0, 0.1) is 0 Å². The lowest BCUT2D eigenvalue weighted by atomic mass is 9.99. The minimum Gasteiger partial charge on any atom is -0.368 e. The van der Waals surface area contributed by atoms with Crippen molar-refractivity contribution in [3.63, 3.8) is 0 Å². The van der Waals surface area contributed by atoms with Gasteiger partial charge in [0.25, 0.3) is 5.91 Å². The fourth-order valence-corrected chi connectivity index (χ4v) is 4.52. The van der Waals surface area contributed by atoms with E-state index in [1.54, 1.807) is 0 Å². The third kappa shape index (κ3) is 4.34. The standard InChI is InChI=1S/C29H29N3O/c1-21(2)22-12-14-23(15-13-22)28-20-26(25-10-6-7-11-27(25)30-28)29(33)32-18-16-31(17-19-32)24-8-4-3-5-9-24/h3-15,20-21H,16-19H2,1-2H3. The van der Waals surface area contributed by atoms with Gasteiger partial charge in [0.1, 0.15) is 0 Å². The third-order valence-electron chi connectivity index (χ3n) is 6.51. The Hall–Kier alpha value is -3.66. The second-order valence-corrected chi connectivity index (χ2v) is 8.96. The van der Waals surface area contributed by atoms with Gasteiger partial charge in [-0.1, -0.05) is 74.5 Å². The van der Waals surface area contributed by atoms with Gasteiger partial charge in [0.15, 0.2) is 0 Å². The van der Waals surface area contributed by atoms with Crippen molar-refractivity contribution in [1.29, 1.82) is 0 Å². The number of carbonyl (C=O) groups is 1. The maximum Gasteiger partial charge on any atom is 0.254 e. The van der Waals surface area contributed by atoms with Gasteiger partial charge in [-0.3, -0.25) is 4.79 Å². The molecule has 33 heavy (non-hydrogen) atoms. The maximum atomic E-state index is 13.7. The van der Waals surface area contributed by atoms with Crippen LogP contribution in [-0.2, 0) is 0 Å². The van der Waals surface area contributed by atoms with Crippen LogP contribution >= 0.6 is 0 Å². The molecule has 0 atom stereocenters. The molecule has 3 aromatic carbocycles. The average molecular weight is 436 g/mol. The molecule has 4 heteroatoms. The van der Waals surface area contributed by atoms with E-state index in [9.17, 15) is 4.79 Å². The average Bonchev–Trinajstić information content (AvgIpc) is 2.88. The number of carbonyl (C=O) groups excluding carboxylic acids is 1. The lowest BCUT2D eigenvalue weighted by Gasteiger charge is -2.36. The maximum absolute atomic E-state index is 13.7. The van der Waals surface area contributed by atoms with Crippen LogP contribution in [0.1, 0.15) is 35.7 Å². The Morgan fingerprint density at radius 1 is 0.818 bits per heavy atom. The quantitative estimate of drug-likeness (QED) is 0.395. The van der Waals surface area contributed by atoms with E-state index in [0.717, 1.165) is 40.8 Å². The molecular formula is C29H29N3O. The molecule has 1 saturated heterocycles. The normalized spacial score (nSPS) is 14.2. The first-order valence-electron chi connectivity index (χ1n) is 11.7. The van der Waals surface area contributed by atoms with Crippen molar-refractivity contribution < 1.29 is 4.79 Å². The molecule has 1 aromatic heterocycles. The number of rotatable bonds is 4. The molecule has 0 bridgehead atoms. The van der Waals surface area contributed by atoms with Crippen LogP contribution in [-0.4, -0.2) is 42.0 Å². The number of hydrogen-bond acceptors (Lipinski definition) is 3. The lowest BCUT2D eigenvalue weighted by Crippen LogP contribution is -2.48. The zero-order valence-corrected chi connectivity index (χ0v) is 19.2. The molecule has 0 radical (unpaired) electrons. The van der Waals surface area contributed by atoms with Crippen LogP contribution in [0.25, 0.3) is 22.2 Å². The fraction of sp³-hybridized carbons (Fsp3) is 0.241. The minimum atomic E-state index is 0.0846. The van der Waals surface area contributed by atoms with E-state index < -0.39 is 0 Å². The first-order chi connectivity index (χ1) is 16.1. The number of amides is 1. The Morgan fingerprint density at radius 2 is 1.48 bits per heavy atom. The monoisotopic (exact) mass is 435 g/mol. The molecule has 0 spiro atoms. The number of anilines is 1. The molecule has 0 N–H and O–H groups in total. The van der Waals surface area contributed by atoms with Crippen LogP contribution in [0.2, 0.25) is 0 Å². The van der Waals surface area contributed by atoms with Crippen molar-refractivity contribution in [1.82, 2.24) is 9.88 Å². The minimum absolute atomic E-state index is 0.0846. The molecule has 0 saturated carbocycles. The summed E-state index contributed by atoms with van der Waals surface area (Å²) in [4.78, 5) is 22.9. The molecule has 1 aliphatic rings. The zero-order valence-electron chi connectivity index (χ0n) is 19.2. The lowest BCUT2D eigenvalue weighted by molar-refractivity contribution is 0.0748. The highest BCUT2D eigenvalue weighted by Gasteiger charge is 2.24. The molecule has 1 amide bonds. The zero-order chi connectivity index (χ0) is 22.8. The Morgan fingerprint density at radius 3 is 2.18 bits per heavy atom. The fourth-order valence-electron chi connectivity index (χ4n) is 4.52. The topological polar surface area (TPSA) is 36.4 Å². The van der Waals surface area contributed by atoms with E-state index in [4.69, 9.17) is 4.98 Å². The third-order valence-corrected chi connectivity index (χ3v) is 6.51. The number of benzene rings is 3.